The number of benzene rings is 3. The van der Waals surface area contributed by atoms with Gasteiger partial charge in [0, 0.05) is 46.9 Å². The molecule has 4 heteroatoms. The predicted molar refractivity (Wildman–Crippen MR) is 182 cm³/mol. The summed E-state index contributed by atoms with van der Waals surface area (Å²) in [5.74, 6) is 4.98. The molecule has 8 rings (SSSR count). The van der Waals surface area contributed by atoms with Crippen molar-refractivity contribution in [1.82, 2.24) is 9.55 Å². The lowest BCUT2D eigenvalue weighted by Crippen LogP contribution is -2.36. The lowest BCUT2D eigenvalue weighted by atomic mass is 9.83. The minimum absolute atomic E-state index is 0.396. The Kier molecular flexibility index (Phi) is 6.66. The number of rotatable bonds is 5. The highest BCUT2D eigenvalue weighted by Gasteiger charge is 2.48. The number of aliphatic imine (C=N–C) groups is 1. The van der Waals surface area contributed by atoms with Gasteiger partial charge in [0.1, 0.15) is 11.7 Å². The highest BCUT2D eigenvalue weighted by atomic mass is 15.2. The molecule has 224 valence electrons. The summed E-state index contributed by atoms with van der Waals surface area (Å²) in [4.78, 5) is 13.1. The molecule has 5 atom stereocenters. The van der Waals surface area contributed by atoms with Gasteiger partial charge in [-0.2, -0.15) is 0 Å². The summed E-state index contributed by atoms with van der Waals surface area (Å²) >= 11 is 0. The van der Waals surface area contributed by atoms with Gasteiger partial charge in [-0.15, -0.1) is 0 Å². The first-order valence-electron chi connectivity index (χ1n) is 16.8. The molecule has 4 aromatic rings. The molecule has 0 spiro atoms. The van der Waals surface area contributed by atoms with Crippen molar-refractivity contribution in [1.29, 1.82) is 0 Å². The zero-order valence-electron chi connectivity index (χ0n) is 26.6. The number of allylic oxidation sites excluding steroid dienone is 1. The second-order valence-electron chi connectivity index (χ2n) is 14.1. The van der Waals surface area contributed by atoms with Gasteiger partial charge in [0.15, 0.2) is 0 Å². The fourth-order valence-electron chi connectivity index (χ4n) is 9.04. The SMILES string of the molecule is C=C1C2CCC(CN=C(c3ccc(C4CC5CC4c4nc(-c6ccccc6)n(C(C)C)c45)cc3)N1c1c(C)cccc1C)C2. The van der Waals surface area contributed by atoms with Crippen molar-refractivity contribution in [3.63, 3.8) is 0 Å². The van der Waals surface area contributed by atoms with Crippen LogP contribution in [0.3, 0.4) is 0 Å². The van der Waals surface area contributed by atoms with Crippen LogP contribution in [0.2, 0.25) is 0 Å². The molecule has 0 saturated heterocycles. The average Bonchev–Trinajstić information content (AvgIpc) is 3.82. The third-order valence-electron chi connectivity index (χ3n) is 11.1. The average molecular weight is 581 g/mol. The molecular formula is C40H44N4. The van der Waals surface area contributed by atoms with E-state index in [1.54, 1.807) is 0 Å². The Labute approximate surface area is 262 Å². The number of hydrogen-bond acceptors (Lipinski definition) is 3. The summed E-state index contributed by atoms with van der Waals surface area (Å²) in [5.41, 5.74) is 11.7. The van der Waals surface area contributed by atoms with Crippen LogP contribution >= 0.6 is 0 Å². The topological polar surface area (TPSA) is 33.4 Å². The van der Waals surface area contributed by atoms with Gasteiger partial charge in [0.2, 0.25) is 0 Å². The van der Waals surface area contributed by atoms with E-state index in [-0.39, 0.29) is 0 Å². The van der Waals surface area contributed by atoms with E-state index in [0.29, 0.717) is 35.6 Å². The number of aryl methyl sites for hydroxylation is 2. The third kappa shape index (κ3) is 4.32. The molecule has 1 aromatic heterocycles. The zero-order valence-corrected chi connectivity index (χ0v) is 26.6. The van der Waals surface area contributed by atoms with E-state index in [2.05, 4.69) is 110 Å². The first-order chi connectivity index (χ1) is 21.4. The molecule has 1 aliphatic heterocycles. The van der Waals surface area contributed by atoms with E-state index in [9.17, 15) is 0 Å². The summed E-state index contributed by atoms with van der Waals surface area (Å²) in [6, 6.07) is 27.2. The maximum Gasteiger partial charge on any atom is 0.140 e. The molecule has 2 saturated carbocycles. The summed E-state index contributed by atoms with van der Waals surface area (Å²) in [6.07, 6.45) is 6.11. The molecule has 3 aliphatic carbocycles. The first kappa shape index (κ1) is 27.6. The van der Waals surface area contributed by atoms with Crippen LogP contribution in [-0.2, 0) is 0 Å². The Morgan fingerprint density at radius 1 is 0.773 bits per heavy atom. The summed E-state index contributed by atoms with van der Waals surface area (Å²) < 4.78 is 2.53. The Hall–Kier alpha value is -3.92. The van der Waals surface area contributed by atoms with Gasteiger partial charge < -0.3 is 4.57 Å². The number of fused-ring (bicyclic) bond motifs is 7. The number of hydrogen-bond donors (Lipinski definition) is 0. The van der Waals surface area contributed by atoms with Crippen LogP contribution in [0.4, 0.5) is 5.69 Å². The Bertz CT molecular complexity index is 1740. The van der Waals surface area contributed by atoms with Crippen LogP contribution in [0.1, 0.15) is 103 Å². The van der Waals surface area contributed by atoms with E-state index in [1.165, 1.54) is 82.7 Å². The number of imidazole rings is 1. The number of amidine groups is 1. The Morgan fingerprint density at radius 2 is 1.50 bits per heavy atom. The second-order valence-corrected chi connectivity index (χ2v) is 14.1. The van der Waals surface area contributed by atoms with Gasteiger partial charge in [-0.3, -0.25) is 9.89 Å². The van der Waals surface area contributed by atoms with Crippen molar-refractivity contribution in [3.8, 4) is 11.4 Å². The minimum atomic E-state index is 0.396. The van der Waals surface area contributed by atoms with Crippen molar-refractivity contribution in [2.45, 2.75) is 83.6 Å². The van der Waals surface area contributed by atoms with Crippen LogP contribution in [0.15, 0.2) is 90.1 Å². The quantitative estimate of drug-likeness (QED) is 0.235. The third-order valence-corrected chi connectivity index (χ3v) is 11.1. The fourth-order valence-corrected chi connectivity index (χ4v) is 9.04. The number of nitrogens with zero attached hydrogens (tertiary/aromatic N) is 4. The van der Waals surface area contributed by atoms with Gasteiger partial charge in [0.25, 0.3) is 0 Å². The molecule has 2 fully saturated rings. The second kappa shape index (κ2) is 10.6. The van der Waals surface area contributed by atoms with Gasteiger partial charge >= 0.3 is 0 Å². The van der Waals surface area contributed by atoms with E-state index >= 15 is 0 Å². The van der Waals surface area contributed by atoms with Gasteiger partial charge in [-0.25, -0.2) is 4.98 Å². The molecule has 2 heterocycles. The smallest absolute Gasteiger partial charge is 0.140 e. The van der Waals surface area contributed by atoms with Crippen LogP contribution < -0.4 is 4.90 Å². The molecule has 4 bridgehead atoms. The monoisotopic (exact) mass is 580 g/mol. The van der Waals surface area contributed by atoms with Gasteiger partial charge in [0.05, 0.1) is 11.4 Å². The molecule has 44 heavy (non-hydrogen) atoms. The molecule has 4 aliphatic rings. The van der Waals surface area contributed by atoms with Crippen molar-refractivity contribution >= 4 is 11.5 Å². The van der Waals surface area contributed by atoms with Crippen molar-refractivity contribution in [3.05, 3.63) is 119 Å². The van der Waals surface area contributed by atoms with E-state index in [1.807, 2.05) is 0 Å². The fraction of sp³-hybridized carbons (Fsp3) is 0.400. The van der Waals surface area contributed by atoms with Crippen LogP contribution in [-0.4, -0.2) is 21.9 Å². The van der Waals surface area contributed by atoms with Crippen molar-refractivity contribution in [2.24, 2.45) is 16.8 Å². The normalized spacial score (nSPS) is 25.8. The van der Waals surface area contributed by atoms with Crippen LogP contribution in [0.5, 0.6) is 0 Å². The number of anilines is 1. The van der Waals surface area contributed by atoms with Crippen LogP contribution in [0.25, 0.3) is 11.4 Å². The van der Waals surface area contributed by atoms with Crippen LogP contribution in [0, 0.1) is 25.7 Å². The lowest BCUT2D eigenvalue weighted by molar-refractivity contribution is 0.528. The lowest BCUT2D eigenvalue weighted by Gasteiger charge is -2.35. The standard InChI is InChI=1S/C40H44N4/c1-24(2)43-38-33-21-34(35(22-33)36(38)42-40(43)30-12-7-6-8-13-30)29-16-18-31(19-17-29)39-41-23-28-14-15-32(20-28)27(5)44(39)37-25(3)10-9-11-26(37)4/h6-13,16-19,24,28,32-35H,5,14-15,20-23H2,1-4H3. The number of aromatic nitrogens is 2. The highest BCUT2D eigenvalue weighted by Crippen LogP contribution is 2.60. The van der Waals surface area contributed by atoms with E-state index in [0.717, 1.165) is 18.2 Å². The molecule has 5 unspecified atom stereocenters. The maximum atomic E-state index is 5.37. The zero-order chi connectivity index (χ0) is 30.1. The molecule has 0 N–H and O–H groups in total. The Balaban J connectivity index is 1.14. The molecule has 4 nitrogen and oxygen atoms in total. The van der Waals surface area contributed by atoms with Crippen molar-refractivity contribution < 1.29 is 0 Å². The van der Waals surface area contributed by atoms with E-state index < -0.39 is 0 Å². The minimum Gasteiger partial charge on any atom is -0.325 e. The molecule has 3 aromatic carbocycles. The van der Waals surface area contributed by atoms with Gasteiger partial charge in [-0.05, 0) is 94.2 Å². The first-order valence-corrected chi connectivity index (χ1v) is 16.8. The molecule has 0 amide bonds. The summed E-state index contributed by atoms with van der Waals surface area (Å²) in [7, 11) is 0. The predicted octanol–water partition coefficient (Wildman–Crippen LogP) is 9.70. The van der Waals surface area contributed by atoms with E-state index in [4.69, 9.17) is 16.6 Å². The number of para-hydroxylation sites is 1. The molecular weight excluding hydrogens is 536 g/mol. The van der Waals surface area contributed by atoms with Crippen molar-refractivity contribution in [2.75, 3.05) is 11.4 Å². The largest absolute Gasteiger partial charge is 0.325 e. The summed E-state index contributed by atoms with van der Waals surface area (Å²) in [5, 5.41) is 0. The maximum absolute atomic E-state index is 5.37. The summed E-state index contributed by atoms with van der Waals surface area (Å²) in [6.45, 7) is 14.7. The molecule has 0 radical (unpaired) electrons. The van der Waals surface area contributed by atoms with Gasteiger partial charge in [-0.1, -0.05) is 79.4 Å². The Morgan fingerprint density at radius 3 is 2.23 bits per heavy atom. The highest BCUT2D eigenvalue weighted by molar-refractivity contribution is 6.12.